The molecule has 1 saturated heterocycles. The standard InChI is InChI=1S/C22H22N2O2/c25-21-15-24(22(26)13-16-7-10-23-11-8-16)12-9-20(21)19-6-5-17-3-1-2-4-18(17)14-19/h1-8,10-11,14,20-21,25H,9,12-13,15H2/t20-,21+/m0/s1. The number of aliphatic hydroxyl groups excluding tert-OH is 1. The number of carbonyl (C=O) groups excluding carboxylic acids is 1. The molecule has 1 amide bonds. The van der Waals surface area contributed by atoms with E-state index in [1.54, 1.807) is 17.3 Å². The maximum atomic E-state index is 12.5. The van der Waals surface area contributed by atoms with Gasteiger partial charge in [0.15, 0.2) is 0 Å². The van der Waals surface area contributed by atoms with Crippen molar-refractivity contribution in [3.05, 3.63) is 78.1 Å². The molecular weight excluding hydrogens is 324 g/mol. The molecule has 0 radical (unpaired) electrons. The van der Waals surface area contributed by atoms with Crippen LogP contribution in [0, 0.1) is 0 Å². The van der Waals surface area contributed by atoms with E-state index in [4.69, 9.17) is 0 Å². The van der Waals surface area contributed by atoms with E-state index in [9.17, 15) is 9.90 Å². The van der Waals surface area contributed by atoms with Crippen LogP contribution in [0.3, 0.4) is 0 Å². The number of amides is 1. The Morgan fingerprint density at radius 1 is 1.08 bits per heavy atom. The summed E-state index contributed by atoms with van der Waals surface area (Å²) in [5, 5.41) is 13.1. The van der Waals surface area contributed by atoms with Crippen LogP contribution in [0.5, 0.6) is 0 Å². The number of likely N-dealkylation sites (tertiary alicyclic amines) is 1. The van der Waals surface area contributed by atoms with Gasteiger partial charge in [0.05, 0.1) is 12.5 Å². The van der Waals surface area contributed by atoms with Crippen LogP contribution in [0.1, 0.15) is 23.5 Å². The summed E-state index contributed by atoms with van der Waals surface area (Å²) >= 11 is 0. The second-order valence-corrected chi connectivity index (χ2v) is 6.94. The molecular formula is C22H22N2O2. The van der Waals surface area contributed by atoms with Gasteiger partial charge in [-0.1, -0.05) is 42.5 Å². The van der Waals surface area contributed by atoms with Crippen molar-refractivity contribution in [1.82, 2.24) is 9.88 Å². The molecule has 1 fully saturated rings. The predicted octanol–water partition coefficient (Wildman–Crippen LogP) is 3.15. The molecule has 0 aliphatic carbocycles. The Kier molecular flexibility index (Phi) is 4.67. The normalized spacial score (nSPS) is 20.3. The third-order valence-corrected chi connectivity index (χ3v) is 5.24. The smallest absolute Gasteiger partial charge is 0.227 e. The quantitative estimate of drug-likeness (QED) is 0.793. The number of β-amino-alcohol motifs (C(OH)–C–C–N with tert-alkyl or cyclic N) is 1. The van der Waals surface area contributed by atoms with Gasteiger partial charge in [-0.2, -0.15) is 0 Å². The number of carbonyl (C=O) groups is 1. The van der Waals surface area contributed by atoms with Crippen LogP contribution >= 0.6 is 0 Å². The lowest BCUT2D eigenvalue weighted by Gasteiger charge is -2.36. The second-order valence-electron chi connectivity index (χ2n) is 6.94. The minimum atomic E-state index is -0.536. The SMILES string of the molecule is O=C(Cc1ccncc1)N1CC[C@@H](c2ccc3ccccc3c2)[C@H](O)C1. The maximum Gasteiger partial charge on any atom is 0.227 e. The minimum Gasteiger partial charge on any atom is -0.391 e. The number of fused-ring (bicyclic) bond motifs is 1. The molecule has 2 heterocycles. The summed E-state index contributed by atoms with van der Waals surface area (Å²) in [5.41, 5.74) is 2.11. The summed E-state index contributed by atoms with van der Waals surface area (Å²) in [6.07, 6.45) is 4.00. The number of piperidine rings is 1. The molecule has 0 saturated carbocycles. The highest BCUT2D eigenvalue weighted by Gasteiger charge is 2.31. The molecule has 3 aromatic rings. The van der Waals surface area contributed by atoms with Crippen molar-refractivity contribution in [2.24, 2.45) is 0 Å². The first-order chi connectivity index (χ1) is 12.7. The number of rotatable bonds is 3. The summed E-state index contributed by atoms with van der Waals surface area (Å²) in [4.78, 5) is 18.3. The molecule has 1 aliphatic rings. The monoisotopic (exact) mass is 346 g/mol. The Morgan fingerprint density at radius 2 is 1.85 bits per heavy atom. The van der Waals surface area contributed by atoms with Gasteiger partial charge >= 0.3 is 0 Å². The van der Waals surface area contributed by atoms with Crippen molar-refractivity contribution in [2.45, 2.75) is 24.9 Å². The maximum absolute atomic E-state index is 12.5. The van der Waals surface area contributed by atoms with E-state index < -0.39 is 6.10 Å². The van der Waals surface area contributed by atoms with Gasteiger partial charge in [-0.15, -0.1) is 0 Å². The van der Waals surface area contributed by atoms with Crippen LogP contribution in [0.4, 0.5) is 0 Å². The van der Waals surface area contributed by atoms with Crippen LogP contribution in [-0.4, -0.2) is 40.1 Å². The van der Waals surface area contributed by atoms with Gasteiger partial charge < -0.3 is 10.0 Å². The molecule has 0 unspecified atom stereocenters. The molecule has 1 aliphatic heterocycles. The number of benzene rings is 2. The second kappa shape index (κ2) is 7.26. The molecule has 132 valence electrons. The van der Waals surface area contributed by atoms with Gasteiger partial charge in [-0.25, -0.2) is 0 Å². The summed E-state index contributed by atoms with van der Waals surface area (Å²) in [6.45, 7) is 1.07. The number of hydrogen-bond donors (Lipinski definition) is 1. The number of aromatic nitrogens is 1. The van der Waals surface area contributed by atoms with Gasteiger partial charge in [0.25, 0.3) is 0 Å². The van der Waals surface area contributed by atoms with E-state index in [2.05, 4.69) is 35.3 Å². The molecule has 4 rings (SSSR count). The molecule has 0 bridgehead atoms. The molecule has 1 aromatic heterocycles. The topological polar surface area (TPSA) is 53.4 Å². The van der Waals surface area contributed by atoms with Crippen molar-refractivity contribution in [3.8, 4) is 0 Å². The Labute approximate surface area is 153 Å². The van der Waals surface area contributed by atoms with Crippen molar-refractivity contribution in [3.63, 3.8) is 0 Å². The third-order valence-electron chi connectivity index (χ3n) is 5.24. The van der Waals surface area contributed by atoms with Gasteiger partial charge in [0, 0.05) is 31.4 Å². The third kappa shape index (κ3) is 3.46. The zero-order valence-electron chi connectivity index (χ0n) is 14.6. The van der Waals surface area contributed by atoms with E-state index in [-0.39, 0.29) is 11.8 Å². The number of hydrogen-bond acceptors (Lipinski definition) is 3. The highest BCUT2D eigenvalue weighted by Crippen LogP contribution is 2.30. The number of pyridine rings is 1. The average molecular weight is 346 g/mol. The van der Waals surface area contributed by atoms with Crippen molar-refractivity contribution < 1.29 is 9.90 Å². The molecule has 1 N–H and O–H groups in total. The highest BCUT2D eigenvalue weighted by atomic mass is 16.3. The molecule has 0 spiro atoms. The van der Waals surface area contributed by atoms with E-state index in [0.29, 0.717) is 19.5 Å². The van der Waals surface area contributed by atoms with E-state index in [1.165, 1.54) is 10.8 Å². The Balaban J connectivity index is 1.45. The average Bonchev–Trinajstić information content (AvgIpc) is 2.68. The van der Waals surface area contributed by atoms with Crippen LogP contribution < -0.4 is 0 Å². The van der Waals surface area contributed by atoms with Crippen molar-refractivity contribution in [2.75, 3.05) is 13.1 Å². The van der Waals surface area contributed by atoms with Crippen LogP contribution in [0.15, 0.2) is 67.0 Å². The van der Waals surface area contributed by atoms with Crippen LogP contribution in [0.25, 0.3) is 10.8 Å². The van der Waals surface area contributed by atoms with E-state index in [0.717, 1.165) is 17.5 Å². The first-order valence-electron chi connectivity index (χ1n) is 9.04. The number of nitrogens with zero attached hydrogens (tertiary/aromatic N) is 2. The molecule has 4 heteroatoms. The van der Waals surface area contributed by atoms with Crippen LogP contribution in [0.2, 0.25) is 0 Å². The van der Waals surface area contributed by atoms with Crippen molar-refractivity contribution in [1.29, 1.82) is 0 Å². The lowest BCUT2D eigenvalue weighted by Crippen LogP contribution is -2.46. The highest BCUT2D eigenvalue weighted by molar-refractivity contribution is 5.83. The van der Waals surface area contributed by atoms with Gasteiger partial charge in [-0.3, -0.25) is 9.78 Å². The summed E-state index contributed by atoms with van der Waals surface area (Å²) in [5.74, 6) is 0.136. The zero-order chi connectivity index (χ0) is 17.9. The largest absolute Gasteiger partial charge is 0.391 e. The van der Waals surface area contributed by atoms with Crippen molar-refractivity contribution >= 4 is 16.7 Å². The molecule has 4 nitrogen and oxygen atoms in total. The fourth-order valence-corrected chi connectivity index (χ4v) is 3.77. The summed E-state index contributed by atoms with van der Waals surface area (Å²) < 4.78 is 0. The van der Waals surface area contributed by atoms with E-state index >= 15 is 0 Å². The van der Waals surface area contributed by atoms with Gasteiger partial charge in [-0.05, 0) is 40.5 Å². The summed E-state index contributed by atoms with van der Waals surface area (Å²) in [6, 6.07) is 18.3. The lowest BCUT2D eigenvalue weighted by atomic mass is 9.86. The fourth-order valence-electron chi connectivity index (χ4n) is 3.77. The first kappa shape index (κ1) is 16.7. The Bertz CT molecular complexity index is 910. The minimum absolute atomic E-state index is 0.0622. The van der Waals surface area contributed by atoms with Gasteiger partial charge in [0.1, 0.15) is 0 Å². The zero-order valence-corrected chi connectivity index (χ0v) is 14.6. The molecule has 26 heavy (non-hydrogen) atoms. The molecule has 2 aromatic carbocycles. The lowest BCUT2D eigenvalue weighted by molar-refractivity contribution is -0.134. The summed E-state index contributed by atoms with van der Waals surface area (Å²) in [7, 11) is 0. The fraction of sp³-hybridized carbons (Fsp3) is 0.273. The molecule has 2 atom stereocenters. The Hall–Kier alpha value is -2.72. The first-order valence-corrected chi connectivity index (χ1v) is 9.04. The Morgan fingerprint density at radius 3 is 2.62 bits per heavy atom. The predicted molar refractivity (Wildman–Crippen MR) is 102 cm³/mol. The van der Waals surface area contributed by atoms with E-state index in [1.807, 2.05) is 24.3 Å². The van der Waals surface area contributed by atoms with Gasteiger partial charge in [0.2, 0.25) is 5.91 Å². The number of aliphatic hydroxyl groups is 1. The van der Waals surface area contributed by atoms with Crippen LogP contribution in [-0.2, 0) is 11.2 Å².